The van der Waals surface area contributed by atoms with Gasteiger partial charge in [-0.05, 0) is 24.1 Å². The third kappa shape index (κ3) is 3.34. The summed E-state index contributed by atoms with van der Waals surface area (Å²) in [5.74, 6) is 0.427. The molecule has 1 unspecified atom stereocenters. The number of ether oxygens (including phenoxy) is 2. The first-order chi connectivity index (χ1) is 14.4. The van der Waals surface area contributed by atoms with Crippen LogP contribution >= 0.6 is 0 Å². The number of carbonyl (C=O) groups excluding carboxylic acids is 1. The number of fused-ring (bicyclic) bond motifs is 1. The van der Waals surface area contributed by atoms with Crippen molar-refractivity contribution >= 4 is 11.6 Å². The highest BCUT2D eigenvalue weighted by Gasteiger charge is 2.35. The normalized spacial score (nSPS) is 17.3. The number of unbranched alkanes of at least 4 members (excludes halogenated alkanes) is 1. The van der Waals surface area contributed by atoms with E-state index in [0.717, 1.165) is 16.6 Å². The zero-order valence-corrected chi connectivity index (χ0v) is 16.7. The Hall–Kier alpha value is -3.56. The Balaban J connectivity index is 1.74. The summed E-state index contributed by atoms with van der Waals surface area (Å²) in [4.78, 5) is 39.1. The maximum Gasteiger partial charge on any atom is 0.331 e. The molecule has 0 bridgehead atoms. The van der Waals surface area contributed by atoms with Crippen LogP contribution in [0.1, 0.15) is 50.3 Å². The summed E-state index contributed by atoms with van der Waals surface area (Å²) < 4.78 is 11.9. The van der Waals surface area contributed by atoms with E-state index >= 15 is 0 Å². The Labute approximate surface area is 171 Å². The highest BCUT2D eigenvalue weighted by molar-refractivity contribution is 6.04. The number of rotatable bonds is 5. The first kappa shape index (κ1) is 19.7. The summed E-state index contributed by atoms with van der Waals surface area (Å²) in [5.41, 5.74) is -0.525. The van der Waals surface area contributed by atoms with Crippen LogP contribution in [-0.2, 0) is 11.3 Å². The van der Waals surface area contributed by atoms with Gasteiger partial charge in [0, 0.05) is 19.9 Å². The van der Waals surface area contributed by atoms with Crippen LogP contribution in [0.5, 0.6) is 17.4 Å². The molecule has 0 radical (unpaired) electrons. The Morgan fingerprint density at radius 2 is 2.07 bits per heavy atom. The summed E-state index contributed by atoms with van der Waals surface area (Å²) in [6.45, 7) is 3.72. The molecule has 0 fully saturated rings. The number of benzene rings is 1. The number of aromatic hydroxyl groups is 1. The standard InChI is InChI=1S/C20H22N4O6/c1-3-4-7-23-19(27)17(18(26)21-20(23)28)13-9-14(24(22-13)11(2)25)12-5-6-15-16(8-12)30-10-29-15/h5-6,8,14,27H,3-4,7,9-10H2,1-2H3,(H,21,26,28). The molecule has 0 aliphatic carbocycles. The SMILES string of the molecule is CCCCn1c(O)c(C2=NN(C(C)=O)C(c3ccc4c(c3)OCO4)C2)c(=O)[nH]c1=O. The van der Waals surface area contributed by atoms with Gasteiger partial charge >= 0.3 is 5.69 Å². The molecular formula is C20H22N4O6. The Morgan fingerprint density at radius 1 is 1.30 bits per heavy atom. The highest BCUT2D eigenvalue weighted by Crippen LogP contribution is 2.39. The minimum Gasteiger partial charge on any atom is -0.494 e. The fourth-order valence-electron chi connectivity index (χ4n) is 3.68. The average Bonchev–Trinajstić information content (AvgIpc) is 3.34. The maximum atomic E-state index is 12.5. The number of carbonyl (C=O) groups is 1. The van der Waals surface area contributed by atoms with Crippen molar-refractivity contribution in [2.24, 2.45) is 5.10 Å². The minimum absolute atomic E-state index is 0.0970. The van der Waals surface area contributed by atoms with Crippen molar-refractivity contribution < 1.29 is 19.4 Å². The van der Waals surface area contributed by atoms with Gasteiger partial charge in [0.05, 0.1) is 11.8 Å². The molecule has 158 valence electrons. The van der Waals surface area contributed by atoms with Gasteiger partial charge in [0.25, 0.3) is 5.56 Å². The van der Waals surface area contributed by atoms with Crippen molar-refractivity contribution in [1.29, 1.82) is 0 Å². The number of nitrogens with one attached hydrogen (secondary N) is 1. The van der Waals surface area contributed by atoms with Crippen molar-refractivity contribution in [1.82, 2.24) is 14.6 Å². The average molecular weight is 414 g/mol. The number of hydrazone groups is 1. The van der Waals surface area contributed by atoms with Crippen LogP contribution in [0, 0.1) is 0 Å². The number of nitrogens with zero attached hydrogens (tertiary/aromatic N) is 3. The minimum atomic E-state index is -0.737. The van der Waals surface area contributed by atoms with E-state index < -0.39 is 23.2 Å². The predicted octanol–water partition coefficient (Wildman–Crippen LogP) is 1.47. The van der Waals surface area contributed by atoms with Crippen LogP contribution in [0.3, 0.4) is 0 Å². The Bertz CT molecular complexity index is 1150. The number of hydrogen-bond acceptors (Lipinski definition) is 7. The molecule has 3 heterocycles. The summed E-state index contributed by atoms with van der Waals surface area (Å²) in [6, 6.07) is 4.84. The maximum absolute atomic E-state index is 12.5. The molecule has 10 heteroatoms. The monoisotopic (exact) mass is 414 g/mol. The molecule has 2 N–H and O–H groups in total. The smallest absolute Gasteiger partial charge is 0.331 e. The van der Waals surface area contributed by atoms with E-state index in [9.17, 15) is 19.5 Å². The van der Waals surface area contributed by atoms with E-state index in [1.54, 1.807) is 18.2 Å². The highest BCUT2D eigenvalue weighted by atomic mass is 16.7. The van der Waals surface area contributed by atoms with Gasteiger partial charge in [-0.25, -0.2) is 9.80 Å². The molecule has 30 heavy (non-hydrogen) atoms. The van der Waals surface area contributed by atoms with Gasteiger partial charge in [-0.2, -0.15) is 5.10 Å². The number of amides is 1. The predicted molar refractivity (Wildman–Crippen MR) is 107 cm³/mol. The lowest BCUT2D eigenvalue weighted by Gasteiger charge is -2.20. The van der Waals surface area contributed by atoms with Crippen molar-refractivity contribution in [2.45, 2.75) is 45.7 Å². The van der Waals surface area contributed by atoms with Crippen LogP contribution in [0.2, 0.25) is 0 Å². The van der Waals surface area contributed by atoms with Crippen molar-refractivity contribution in [2.75, 3.05) is 6.79 Å². The van der Waals surface area contributed by atoms with Crippen molar-refractivity contribution in [3.05, 3.63) is 50.2 Å². The molecule has 2 aliphatic heterocycles. The summed E-state index contributed by atoms with van der Waals surface area (Å²) >= 11 is 0. The molecule has 0 saturated carbocycles. The van der Waals surface area contributed by atoms with Crippen molar-refractivity contribution in [3.63, 3.8) is 0 Å². The quantitative estimate of drug-likeness (QED) is 0.763. The molecule has 1 atom stereocenters. The van der Waals surface area contributed by atoms with E-state index in [1.807, 2.05) is 6.92 Å². The van der Waals surface area contributed by atoms with E-state index in [4.69, 9.17) is 9.47 Å². The number of aromatic amines is 1. The Kier molecular flexibility index (Phi) is 5.06. The lowest BCUT2D eigenvalue weighted by molar-refractivity contribution is -0.130. The fraction of sp³-hybridized carbons (Fsp3) is 0.400. The molecule has 1 aromatic heterocycles. The largest absolute Gasteiger partial charge is 0.494 e. The third-order valence-electron chi connectivity index (χ3n) is 5.21. The molecule has 1 aromatic carbocycles. The molecule has 0 spiro atoms. The fourth-order valence-corrected chi connectivity index (χ4v) is 3.68. The van der Waals surface area contributed by atoms with Crippen LogP contribution in [0.4, 0.5) is 0 Å². The lowest BCUT2D eigenvalue weighted by Crippen LogP contribution is -2.33. The molecular weight excluding hydrogens is 392 g/mol. The van der Waals surface area contributed by atoms with Crippen LogP contribution in [-0.4, -0.2) is 38.1 Å². The van der Waals surface area contributed by atoms with E-state index in [-0.39, 0.29) is 36.9 Å². The zero-order chi connectivity index (χ0) is 21.4. The van der Waals surface area contributed by atoms with E-state index in [2.05, 4.69) is 10.1 Å². The van der Waals surface area contributed by atoms with Gasteiger partial charge in [-0.15, -0.1) is 0 Å². The second-order valence-corrected chi connectivity index (χ2v) is 7.21. The van der Waals surface area contributed by atoms with Crippen LogP contribution in [0.25, 0.3) is 0 Å². The van der Waals surface area contributed by atoms with Crippen molar-refractivity contribution in [3.8, 4) is 17.4 Å². The van der Waals surface area contributed by atoms with E-state index in [1.165, 1.54) is 11.9 Å². The second kappa shape index (κ2) is 7.69. The zero-order valence-electron chi connectivity index (χ0n) is 16.7. The molecule has 4 rings (SSSR count). The van der Waals surface area contributed by atoms with Crippen LogP contribution < -0.4 is 20.7 Å². The summed E-state index contributed by atoms with van der Waals surface area (Å²) in [5, 5.41) is 16.3. The first-order valence-electron chi connectivity index (χ1n) is 9.74. The lowest BCUT2D eigenvalue weighted by atomic mass is 9.98. The number of hydrogen-bond donors (Lipinski definition) is 2. The first-order valence-corrected chi connectivity index (χ1v) is 9.74. The van der Waals surface area contributed by atoms with Gasteiger partial charge in [0.15, 0.2) is 11.5 Å². The molecule has 0 saturated heterocycles. The van der Waals surface area contributed by atoms with Gasteiger partial charge in [0.2, 0.25) is 18.6 Å². The summed E-state index contributed by atoms with van der Waals surface area (Å²) in [7, 11) is 0. The van der Waals surface area contributed by atoms with Gasteiger partial charge in [-0.3, -0.25) is 19.1 Å². The summed E-state index contributed by atoms with van der Waals surface area (Å²) in [6.07, 6.45) is 1.66. The van der Waals surface area contributed by atoms with E-state index in [0.29, 0.717) is 17.9 Å². The molecule has 2 aromatic rings. The number of H-pyrrole nitrogens is 1. The van der Waals surface area contributed by atoms with Gasteiger partial charge in [0.1, 0.15) is 5.56 Å². The molecule has 1 amide bonds. The van der Waals surface area contributed by atoms with Gasteiger partial charge in [-0.1, -0.05) is 19.4 Å². The number of aromatic nitrogens is 2. The molecule has 2 aliphatic rings. The topological polar surface area (TPSA) is 126 Å². The Morgan fingerprint density at radius 3 is 2.80 bits per heavy atom. The third-order valence-corrected chi connectivity index (χ3v) is 5.21. The van der Waals surface area contributed by atoms with Gasteiger partial charge < -0.3 is 14.6 Å². The van der Waals surface area contributed by atoms with Crippen LogP contribution in [0.15, 0.2) is 32.9 Å². The molecule has 10 nitrogen and oxygen atoms in total. The second-order valence-electron chi connectivity index (χ2n) is 7.21.